The summed E-state index contributed by atoms with van der Waals surface area (Å²) in [5.74, 6) is -2.73. The number of aliphatic carboxylic acids is 3. The van der Waals surface area contributed by atoms with Crippen molar-refractivity contribution in [2.75, 3.05) is 0 Å². The van der Waals surface area contributed by atoms with Crippen molar-refractivity contribution in [2.24, 2.45) is 5.41 Å². The molecule has 0 aromatic carbocycles. The number of allylic oxidation sites excluding steroid dienone is 2. The normalized spacial score (nSPS) is 18.7. The van der Waals surface area contributed by atoms with Crippen molar-refractivity contribution in [3.63, 3.8) is 0 Å². The van der Waals surface area contributed by atoms with Crippen LogP contribution in [0.5, 0.6) is 0 Å². The Balaban J connectivity index is 0.000000463. The largest absolute Gasteiger partial charge is 0.481 e. The lowest BCUT2D eigenvalue weighted by molar-refractivity contribution is -0.145. The molecule has 142 valence electrons. The van der Waals surface area contributed by atoms with Gasteiger partial charge in [0.05, 0.1) is 5.41 Å². The lowest BCUT2D eigenvalue weighted by Gasteiger charge is -2.23. The second-order valence-corrected chi connectivity index (χ2v) is 6.52. The standard InChI is InChI=1S/C10H20O2.C9H10O4/c1-2-3-4-5-6-7-8-9-10(11)12;1-9(8(12)13)4-2-3-6(5-9)7(10)11/h2-9H2,1H3,(H,11,12);2-4H,5H2,1H3,(H,10,11)(H,12,13). The summed E-state index contributed by atoms with van der Waals surface area (Å²) in [6, 6.07) is 0. The van der Waals surface area contributed by atoms with Crippen LogP contribution in [0.15, 0.2) is 23.8 Å². The van der Waals surface area contributed by atoms with E-state index < -0.39 is 23.3 Å². The van der Waals surface area contributed by atoms with E-state index in [1.165, 1.54) is 57.3 Å². The molecule has 1 aliphatic rings. The van der Waals surface area contributed by atoms with Crippen molar-refractivity contribution < 1.29 is 29.7 Å². The molecular formula is C19H30O6. The predicted octanol–water partition coefficient (Wildman–Crippen LogP) is 4.26. The highest BCUT2D eigenvalue weighted by molar-refractivity contribution is 5.90. The van der Waals surface area contributed by atoms with Gasteiger partial charge >= 0.3 is 17.9 Å². The molecule has 0 aliphatic heterocycles. The molecule has 0 aromatic rings. The first-order valence-corrected chi connectivity index (χ1v) is 8.79. The Bertz CT molecular complexity index is 506. The molecule has 1 rings (SSSR count). The van der Waals surface area contributed by atoms with Gasteiger partial charge < -0.3 is 15.3 Å². The number of hydrogen-bond donors (Lipinski definition) is 3. The minimum absolute atomic E-state index is 0.0359. The van der Waals surface area contributed by atoms with Gasteiger partial charge in [0.15, 0.2) is 0 Å². The van der Waals surface area contributed by atoms with Crippen LogP contribution in [0.1, 0.15) is 71.6 Å². The molecule has 0 bridgehead atoms. The zero-order valence-electron chi connectivity index (χ0n) is 15.2. The molecule has 0 heterocycles. The maximum absolute atomic E-state index is 10.8. The van der Waals surface area contributed by atoms with Crippen LogP contribution in [-0.2, 0) is 14.4 Å². The van der Waals surface area contributed by atoms with E-state index in [-0.39, 0.29) is 12.0 Å². The van der Waals surface area contributed by atoms with Crippen LogP contribution >= 0.6 is 0 Å². The second-order valence-electron chi connectivity index (χ2n) is 6.52. The number of carbonyl (C=O) groups is 3. The van der Waals surface area contributed by atoms with Crippen molar-refractivity contribution >= 4 is 17.9 Å². The van der Waals surface area contributed by atoms with Crippen molar-refractivity contribution in [1.29, 1.82) is 0 Å². The molecule has 1 aliphatic carbocycles. The Morgan fingerprint density at radius 2 is 1.56 bits per heavy atom. The molecule has 1 atom stereocenters. The highest BCUT2D eigenvalue weighted by Gasteiger charge is 2.34. The molecule has 0 fully saturated rings. The van der Waals surface area contributed by atoms with Gasteiger partial charge in [-0.15, -0.1) is 0 Å². The Hall–Kier alpha value is -2.11. The molecule has 1 unspecified atom stereocenters. The van der Waals surface area contributed by atoms with Crippen molar-refractivity contribution in [2.45, 2.75) is 71.6 Å². The summed E-state index contributed by atoms with van der Waals surface area (Å²) in [7, 11) is 0. The molecule has 0 radical (unpaired) electrons. The average Bonchev–Trinajstić information content (AvgIpc) is 2.54. The van der Waals surface area contributed by atoms with Crippen LogP contribution in [0.2, 0.25) is 0 Å². The van der Waals surface area contributed by atoms with Gasteiger partial charge in [-0.05, 0) is 19.8 Å². The highest BCUT2D eigenvalue weighted by Crippen LogP contribution is 2.31. The molecular weight excluding hydrogens is 324 g/mol. The summed E-state index contributed by atoms with van der Waals surface area (Å²) < 4.78 is 0. The number of unbranched alkanes of at least 4 members (excludes halogenated alkanes) is 6. The van der Waals surface area contributed by atoms with E-state index in [1.54, 1.807) is 0 Å². The lowest BCUT2D eigenvalue weighted by Crippen LogP contribution is -2.28. The lowest BCUT2D eigenvalue weighted by atomic mass is 9.80. The van der Waals surface area contributed by atoms with Crippen LogP contribution in [0.4, 0.5) is 0 Å². The fourth-order valence-electron chi connectivity index (χ4n) is 2.42. The summed E-state index contributed by atoms with van der Waals surface area (Å²) in [6.45, 7) is 3.70. The molecule has 0 aromatic heterocycles. The highest BCUT2D eigenvalue weighted by atomic mass is 16.4. The number of carboxylic acid groups (broad SMARTS) is 3. The molecule has 0 spiro atoms. The molecule has 0 saturated heterocycles. The fraction of sp³-hybridized carbons (Fsp3) is 0.632. The Morgan fingerprint density at radius 3 is 2.04 bits per heavy atom. The van der Waals surface area contributed by atoms with Crippen LogP contribution in [0.3, 0.4) is 0 Å². The van der Waals surface area contributed by atoms with Crippen molar-refractivity contribution in [1.82, 2.24) is 0 Å². The van der Waals surface area contributed by atoms with E-state index in [4.69, 9.17) is 15.3 Å². The average molecular weight is 354 g/mol. The molecule has 0 saturated carbocycles. The van der Waals surface area contributed by atoms with Crippen molar-refractivity contribution in [3.05, 3.63) is 23.8 Å². The van der Waals surface area contributed by atoms with Crippen LogP contribution in [0.25, 0.3) is 0 Å². The van der Waals surface area contributed by atoms with Gasteiger partial charge in [-0.1, -0.05) is 63.7 Å². The maximum Gasteiger partial charge on any atom is 0.331 e. The predicted molar refractivity (Wildman–Crippen MR) is 95.5 cm³/mol. The Labute approximate surface area is 149 Å². The summed E-state index contributed by atoms with van der Waals surface area (Å²) in [5.41, 5.74) is -0.949. The fourth-order valence-corrected chi connectivity index (χ4v) is 2.42. The second kappa shape index (κ2) is 12.3. The van der Waals surface area contributed by atoms with Crippen LogP contribution in [-0.4, -0.2) is 33.2 Å². The van der Waals surface area contributed by atoms with E-state index in [1.807, 2.05) is 0 Å². The zero-order chi connectivity index (χ0) is 19.3. The van der Waals surface area contributed by atoms with E-state index in [9.17, 15) is 14.4 Å². The first-order chi connectivity index (χ1) is 11.7. The summed E-state index contributed by atoms with van der Waals surface area (Å²) in [6.07, 6.45) is 13.1. The minimum atomic E-state index is -1.08. The zero-order valence-corrected chi connectivity index (χ0v) is 15.2. The van der Waals surface area contributed by atoms with Gasteiger partial charge in [0.2, 0.25) is 0 Å². The monoisotopic (exact) mass is 354 g/mol. The van der Waals surface area contributed by atoms with Gasteiger partial charge in [0, 0.05) is 12.0 Å². The third-order valence-corrected chi connectivity index (χ3v) is 4.08. The van der Waals surface area contributed by atoms with Crippen LogP contribution < -0.4 is 0 Å². The van der Waals surface area contributed by atoms with Crippen molar-refractivity contribution in [3.8, 4) is 0 Å². The number of hydrogen-bond acceptors (Lipinski definition) is 3. The third kappa shape index (κ3) is 10.4. The summed E-state index contributed by atoms with van der Waals surface area (Å²) >= 11 is 0. The maximum atomic E-state index is 10.8. The molecule has 3 N–H and O–H groups in total. The summed E-state index contributed by atoms with van der Waals surface area (Å²) in [5, 5.41) is 25.8. The van der Waals surface area contributed by atoms with Gasteiger partial charge in [-0.2, -0.15) is 0 Å². The Kier molecular flexibility index (Phi) is 11.2. The molecule has 0 amide bonds. The quantitative estimate of drug-likeness (QED) is 0.505. The molecule has 6 heteroatoms. The third-order valence-electron chi connectivity index (χ3n) is 4.08. The first kappa shape index (κ1) is 22.9. The summed E-state index contributed by atoms with van der Waals surface area (Å²) in [4.78, 5) is 31.5. The minimum Gasteiger partial charge on any atom is -0.481 e. The van der Waals surface area contributed by atoms with Gasteiger partial charge in [0.1, 0.15) is 0 Å². The molecule has 25 heavy (non-hydrogen) atoms. The van der Waals surface area contributed by atoms with Gasteiger partial charge in [-0.25, -0.2) is 4.79 Å². The van der Waals surface area contributed by atoms with E-state index in [0.717, 1.165) is 12.8 Å². The van der Waals surface area contributed by atoms with E-state index in [2.05, 4.69) is 6.92 Å². The number of carboxylic acids is 3. The van der Waals surface area contributed by atoms with Gasteiger partial charge in [0.25, 0.3) is 0 Å². The SMILES string of the molecule is CC1(C(=O)O)C=CC=C(C(=O)O)C1.CCCCCCCCCC(=O)O. The van der Waals surface area contributed by atoms with Gasteiger partial charge in [-0.3, -0.25) is 9.59 Å². The molecule has 6 nitrogen and oxygen atoms in total. The van der Waals surface area contributed by atoms with E-state index in [0.29, 0.717) is 6.42 Å². The topological polar surface area (TPSA) is 112 Å². The van der Waals surface area contributed by atoms with E-state index >= 15 is 0 Å². The Morgan fingerprint density at radius 1 is 1.00 bits per heavy atom. The first-order valence-electron chi connectivity index (χ1n) is 8.79. The smallest absolute Gasteiger partial charge is 0.331 e. The van der Waals surface area contributed by atoms with Crippen LogP contribution in [0, 0.1) is 5.41 Å². The number of rotatable bonds is 10.